The molecule has 1 rings (SSSR count). The highest BCUT2D eigenvalue weighted by molar-refractivity contribution is 7.89. The highest BCUT2D eigenvalue weighted by Gasteiger charge is 2.22. The number of sulfonamides is 1. The number of rotatable bonds is 7. The lowest BCUT2D eigenvalue weighted by Gasteiger charge is -2.24. The zero-order chi connectivity index (χ0) is 15.4. The molecule has 0 heterocycles. The van der Waals surface area contributed by atoms with Crippen molar-refractivity contribution in [1.82, 2.24) is 4.72 Å². The molecule has 0 spiro atoms. The van der Waals surface area contributed by atoms with Gasteiger partial charge in [0.05, 0.1) is 14.9 Å². The average molecular weight is 340 g/mol. The Morgan fingerprint density at radius 3 is 2.45 bits per heavy atom. The molecule has 114 valence electrons. The first-order valence-electron chi connectivity index (χ1n) is 6.23. The van der Waals surface area contributed by atoms with Crippen LogP contribution in [-0.4, -0.2) is 26.7 Å². The minimum Gasteiger partial charge on any atom is -0.396 e. The smallest absolute Gasteiger partial charge is 0.240 e. The van der Waals surface area contributed by atoms with Gasteiger partial charge in [0.25, 0.3) is 0 Å². The molecule has 0 aliphatic carbocycles. The third kappa shape index (κ3) is 5.22. The van der Waals surface area contributed by atoms with E-state index in [1.807, 2.05) is 13.8 Å². The SMILES string of the molecule is CC(C)(CCCO)CNS(=O)(=O)c1ccc(Cl)c(Cl)c1. The Hall–Kier alpha value is -0.330. The van der Waals surface area contributed by atoms with Crippen LogP contribution in [0.4, 0.5) is 0 Å². The predicted molar refractivity (Wildman–Crippen MR) is 81.8 cm³/mol. The van der Waals surface area contributed by atoms with E-state index in [4.69, 9.17) is 28.3 Å². The number of halogens is 2. The molecule has 0 aliphatic rings. The summed E-state index contributed by atoms with van der Waals surface area (Å²) in [7, 11) is -3.61. The summed E-state index contributed by atoms with van der Waals surface area (Å²) >= 11 is 11.6. The maximum absolute atomic E-state index is 12.2. The number of nitrogens with one attached hydrogen (secondary N) is 1. The van der Waals surface area contributed by atoms with Gasteiger partial charge in [0.1, 0.15) is 0 Å². The van der Waals surface area contributed by atoms with Crippen molar-refractivity contribution in [3.63, 3.8) is 0 Å². The van der Waals surface area contributed by atoms with Crippen LogP contribution >= 0.6 is 23.2 Å². The van der Waals surface area contributed by atoms with Crippen LogP contribution in [-0.2, 0) is 10.0 Å². The Morgan fingerprint density at radius 2 is 1.90 bits per heavy atom. The van der Waals surface area contributed by atoms with E-state index < -0.39 is 10.0 Å². The predicted octanol–water partition coefficient (Wildman–Crippen LogP) is 3.07. The zero-order valence-electron chi connectivity index (χ0n) is 11.5. The molecule has 0 fully saturated rings. The highest BCUT2D eigenvalue weighted by atomic mass is 35.5. The summed E-state index contributed by atoms with van der Waals surface area (Å²) in [6.45, 7) is 4.28. The maximum Gasteiger partial charge on any atom is 0.240 e. The van der Waals surface area contributed by atoms with Gasteiger partial charge in [-0.2, -0.15) is 0 Å². The lowest BCUT2D eigenvalue weighted by molar-refractivity contribution is 0.242. The van der Waals surface area contributed by atoms with Crippen LogP contribution in [0, 0.1) is 5.41 Å². The number of aliphatic hydroxyl groups is 1. The van der Waals surface area contributed by atoms with Crippen molar-refractivity contribution in [3.05, 3.63) is 28.2 Å². The molecule has 0 amide bonds. The fourth-order valence-corrected chi connectivity index (χ4v) is 3.29. The fraction of sp³-hybridized carbons (Fsp3) is 0.538. The van der Waals surface area contributed by atoms with Crippen molar-refractivity contribution in [2.75, 3.05) is 13.2 Å². The van der Waals surface area contributed by atoms with Crippen molar-refractivity contribution in [1.29, 1.82) is 0 Å². The molecule has 0 aliphatic heterocycles. The molecule has 7 heteroatoms. The van der Waals surface area contributed by atoms with E-state index in [1.54, 1.807) is 0 Å². The molecule has 2 N–H and O–H groups in total. The van der Waals surface area contributed by atoms with E-state index in [1.165, 1.54) is 18.2 Å². The Bertz CT molecular complexity index is 559. The summed E-state index contributed by atoms with van der Waals surface area (Å²) < 4.78 is 26.9. The van der Waals surface area contributed by atoms with Gasteiger partial charge in [-0.3, -0.25) is 0 Å². The van der Waals surface area contributed by atoms with Gasteiger partial charge in [0.15, 0.2) is 0 Å². The second kappa shape index (κ2) is 7.09. The van der Waals surface area contributed by atoms with Gasteiger partial charge in [0, 0.05) is 13.2 Å². The van der Waals surface area contributed by atoms with Crippen LogP contribution < -0.4 is 4.72 Å². The van der Waals surface area contributed by atoms with Crippen LogP contribution in [0.3, 0.4) is 0 Å². The summed E-state index contributed by atoms with van der Waals surface area (Å²) in [4.78, 5) is 0.0878. The Morgan fingerprint density at radius 1 is 1.25 bits per heavy atom. The second-order valence-corrected chi connectivity index (χ2v) is 7.97. The van der Waals surface area contributed by atoms with Crippen LogP contribution in [0.25, 0.3) is 0 Å². The number of benzene rings is 1. The Balaban J connectivity index is 2.77. The molecular formula is C13H19Cl2NO3S. The third-order valence-corrected chi connectivity index (χ3v) is 5.09. The van der Waals surface area contributed by atoms with Crippen LogP contribution in [0.2, 0.25) is 10.0 Å². The second-order valence-electron chi connectivity index (χ2n) is 5.39. The van der Waals surface area contributed by atoms with Crippen molar-refractivity contribution in [2.45, 2.75) is 31.6 Å². The van der Waals surface area contributed by atoms with Gasteiger partial charge in [-0.1, -0.05) is 37.0 Å². The monoisotopic (exact) mass is 339 g/mol. The molecule has 0 saturated heterocycles. The minimum absolute atomic E-state index is 0.0878. The molecule has 0 unspecified atom stereocenters. The van der Waals surface area contributed by atoms with Crippen molar-refractivity contribution >= 4 is 33.2 Å². The maximum atomic E-state index is 12.2. The quantitative estimate of drug-likeness (QED) is 0.802. The topological polar surface area (TPSA) is 66.4 Å². The van der Waals surface area contributed by atoms with E-state index in [-0.39, 0.29) is 28.5 Å². The molecule has 1 aromatic rings. The van der Waals surface area contributed by atoms with Crippen LogP contribution in [0.15, 0.2) is 23.1 Å². The normalized spacial score (nSPS) is 12.7. The molecule has 20 heavy (non-hydrogen) atoms. The molecule has 0 radical (unpaired) electrons. The molecular weight excluding hydrogens is 321 g/mol. The standard InChI is InChI=1S/C13H19Cl2NO3S/c1-13(2,6-3-7-17)9-16-20(18,19)10-4-5-11(14)12(15)8-10/h4-5,8,16-17H,3,6-7,9H2,1-2H3. The van der Waals surface area contributed by atoms with Crippen LogP contribution in [0.5, 0.6) is 0 Å². The fourth-order valence-electron chi connectivity index (χ4n) is 1.66. The molecule has 1 aromatic carbocycles. The summed E-state index contributed by atoms with van der Waals surface area (Å²) in [6.07, 6.45) is 1.37. The first kappa shape index (κ1) is 17.7. The number of hydrogen-bond donors (Lipinski definition) is 2. The lowest BCUT2D eigenvalue weighted by atomic mass is 9.88. The van der Waals surface area contributed by atoms with E-state index >= 15 is 0 Å². The number of aliphatic hydroxyl groups excluding tert-OH is 1. The molecule has 0 saturated carbocycles. The average Bonchev–Trinajstić information content (AvgIpc) is 2.37. The first-order chi connectivity index (χ1) is 9.18. The minimum atomic E-state index is -3.61. The summed E-state index contributed by atoms with van der Waals surface area (Å²) in [5.74, 6) is 0. The van der Waals surface area contributed by atoms with Gasteiger partial charge in [-0.15, -0.1) is 0 Å². The van der Waals surface area contributed by atoms with E-state index in [2.05, 4.69) is 4.72 Å². The van der Waals surface area contributed by atoms with Gasteiger partial charge in [0.2, 0.25) is 10.0 Å². The summed E-state index contributed by atoms with van der Waals surface area (Å²) in [5.41, 5.74) is -0.230. The molecule has 0 atom stereocenters. The summed E-state index contributed by atoms with van der Waals surface area (Å²) in [5, 5.41) is 9.34. The van der Waals surface area contributed by atoms with Gasteiger partial charge < -0.3 is 5.11 Å². The van der Waals surface area contributed by atoms with E-state index in [9.17, 15) is 8.42 Å². The third-order valence-electron chi connectivity index (χ3n) is 2.95. The number of hydrogen-bond acceptors (Lipinski definition) is 3. The van der Waals surface area contributed by atoms with Crippen molar-refractivity contribution in [3.8, 4) is 0 Å². The molecule has 0 bridgehead atoms. The first-order valence-corrected chi connectivity index (χ1v) is 8.47. The van der Waals surface area contributed by atoms with Gasteiger partial charge in [-0.25, -0.2) is 13.1 Å². The zero-order valence-corrected chi connectivity index (χ0v) is 13.8. The lowest BCUT2D eigenvalue weighted by Crippen LogP contribution is -2.34. The largest absolute Gasteiger partial charge is 0.396 e. The van der Waals surface area contributed by atoms with Gasteiger partial charge >= 0.3 is 0 Å². The highest BCUT2D eigenvalue weighted by Crippen LogP contribution is 2.26. The van der Waals surface area contributed by atoms with Crippen molar-refractivity contribution in [2.24, 2.45) is 5.41 Å². The molecule has 4 nitrogen and oxygen atoms in total. The Labute approximate surface area is 130 Å². The van der Waals surface area contributed by atoms with E-state index in [0.29, 0.717) is 11.4 Å². The Kier molecular flexibility index (Phi) is 6.28. The van der Waals surface area contributed by atoms with Crippen LogP contribution in [0.1, 0.15) is 26.7 Å². The van der Waals surface area contributed by atoms with Crippen molar-refractivity contribution < 1.29 is 13.5 Å². The summed E-state index contributed by atoms with van der Waals surface area (Å²) in [6, 6.07) is 4.19. The van der Waals surface area contributed by atoms with E-state index in [0.717, 1.165) is 6.42 Å². The van der Waals surface area contributed by atoms with Gasteiger partial charge in [-0.05, 0) is 36.5 Å². The molecule has 0 aromatic heterocycles.